The lowest BCUT2D eigenvalue weighted by molar-refractivity contribution is -0.136. The van der Waals surface area contributed by atoms with Gasteiger partial charge in [-0.1, -0.05) is 0 Å². The second-order valence-electron chi connectivity index (χ2n) is 4.47. The summed E-state index contributed by atoms with van der Waals surface area (Å²) >= 11 is 0. The predicted molar refractivity (Wildman–Crippen MR) is 69.1 cm³/mol. The van der Waals surface area contributed by atoms with Crippen molar-refractivity contribution in [1.29, 1.82) is 0 Å². The molecule has 0 fully saturated rings. The van der Waals surface area contributed by atoms with Crippen molar-refractivity contribution in [3.05, 3.63) is 41.6 Å². The molecular weight excluding hydrogens is 271 g/mol. The zero-order chi connectivity index (χ0) is 14.9. The maximum Gasteiger partial charge on any atom is 0.418 e. The number of nitrogens with two attached hydrogens (primary N) is 1. The Balaban J connectivity index is 2.22. The summed E-state index contributed by atoms with van der Waals surface area (Å²) < 4.78 is 43.6. The van der Waals surface area contributed by atoms with Crippen LogP contribution >= 0.6 is 0 Å². The van der Waals surface area contributed by atoms with E-state index in [1.165, 1.54) is 12.1 Å². The molecule has 0 bridgehead atoms. The van der Waals surface area contributed by atoms with Crippen LogP contribution in [0.25, 0.3) is 0 Å². The van der Waals surface area contributed by atoms with Gasteiger partial charge in [0.05, 0.1) is 11.8 Å². The van der Waals surface area contributed by atoms with Crippen LogP contribution in [0.1, 0.15) is 30.2 Å². The van der Waals surface area contributed by atoms with E-state index < -0.39 is 11.7 Å². The minimum absolute atomic E-state index is 0.301. The van der Waals surface area contributed by atoms with Gasteiger partial charge in [-0.25, -0.2) is 4.98 Å². The number of nitrogens with one attached hydrogen (secondary N) is 1. The van der Waals surface area contributed by atoms with Gasteiger partial charge >= 0.3 is 6.18 Å². The van der Waals surface area contributed by atoms with Crippen molar-refractivity contribution in [2.75, 3.05) is 11.1 Å². The van der Waals surface area contributed by atoms with Crippen molar-refractivity contribution in [1.82, 2.24) is 4.98 Å². The van der Waals surface area contributed by atoms with E-state index in [0.29, 0.717) is 17.3 Å². The minimum Gasteiger partial charge on any atom is -0.444 e. The lowest BCUT2D eigenvalue weighted by Crippen LogP contribution is -2.11. The van der Waals surface area contributed by atoms with E-state index in [9.17, 15) is 13.2 Å². The molecule has 1 aromatic heterocycles. The number of oxazole rings is 1. The van der Waals surface area contributed by atoms with E-state index in [2.05, 4.69) is 10.3 Å². The van der Waals surface area contributed by atoms with Gasteiger partial charge in [-0.3, -0.25) is 0 Å². The van der Waals surface area contributed by atoms with Gasteiger partial charge in [0.15, 0.2) is 0 Å². The lowest BCUT2D eigenvalue weighted by atomic mass is 10.1. The first kappa shape index (κ1) is 14.2. The highest BCUT2D eigenvalue weighted by Crippen LogP contribution is 2.35. The summed E-state index contributed by atoms with van der Waals surface area (Å²) in [7, 11) is 0. The summed E-state index contributed by atoms with van der Waals surface area (Å²) in [6, 6.07) is 3.32. The summed E-state index contributed by atoms with van der Waals surface area (Å²) in [5, 5.41) is 2.90. The molecule has 0 aliphatic carbocycles. The lowest BCUT2D eigenvalue weighted by Gasteiger charge is -2.15. The van der Waals surface area contributed by atoms with E-state index in [4.69, 9.17) is 10.2 Å². The van der Waals surface area contributed by atoms with Crippen molar-refractivity contribution in [3.8, 4) is 0 Å². The van der Waals surface area contributed by atoms with Crippen molar-refractivity contribution in [3.63, 3.8) is 0 Å². The smallest absolute Gasteiger partial charge is 0.418 e. The van der Waals surface area contributed by atoms with E-state index in [-0.39, 0.29) is 11.7 Å². The Morgan fingerprint density at radius 1 is 1.35 bits per heavy atom. The van der Waals surface area contributed by atoms with Crippen LogP contribution in [-0.2, 0) is 6.18 Å². The SMILES string of the molecule is Cc1cnc(C(C)Nc2ccc(N)c(C(F)(F)F)c2)o1. The maximum atomic E-state index is 12.8. The molecule has 7 heteroatoms. The molecule has 108 valence electrons. The molecule has 4 nitrogen and oxygen atoms in total. The Hall–Kier alpha value is -2.18. The number of hydrogen-bond acceptors (Lipinski definition) is 4. The predicted octanol–water partition coefficient (Wildman–Crippen LogP) is 3.76. The van der Waals surface area contributed by atoms with Crippen LogP contribution in [0, 0.1) is 6.92 Å². The minimum atomic E-state index is -4.48. The number of anilines is 2. The Morgan fingerprint density at radius 2 is 2.05 bits per heavy atom. The van der Waals surface area contributed by atoms with Crippen LogP contribution in [0.5, 0.6) is 0 Å². The summed E-state index contributed by atoms with van der Waals surface area (Å²) in [5.74, 6) is 1.05. The molecule has 2 rings (SSSR count). The van der Waals surface area contributed by atoms with Crippen molar-refractivity contribution in [2.45, 2.75) is 26.1 Å². The van der Waals surface area contributed by atoms with E-state index >= 15 is 0 Å². The Bertz CT molecular complexity index is 607. The topological polar surface area (TPSA) is 64.1 Å². The standard InChI is InChI=1S/C13H14F3N3O/c1-7-6-18-12(20-7)8(2)19-9-3-4-11(17)10(5-9)13(14,15)16/h3-6,8,19H,17H2,1-2H3. The fraction of sp³-hybridized carbons (Fsp3) is 0.308. The number of aryl methyl sites for hydroxylation is 1. The molecule has 0 spiro atoms. The largest absolute Gasteiger partial charge is 0.444 e. The average Bonchev–Trinajstić information content (AvgIpc) is 2.77. The zero-order valence-electron chi connectivity index (χ0n) is 11.0. The zero-order valence-corrected chi connectivity index (χ0v) is 11.0. The normalized spacial score (nSPS) is 13.2. The second-order valence-corrected chi connectivity index (χ2v) is 4.47. The molecule has 3 N–H and O–H groups in total. The van der Waals surface area contributed by atoms with Gasteiger partial charge in [0.1, 0.15) is 11.8 Å². The molecule has 0 saturated carbocycles. The number of alkyl halides is 3. The molecule has 0 radical (unpaired) electrons. The van der Waals surface area contributed by atoms with Gasteiger partial charge in [-0.2, -0.15) is 13.2 Å². The third-order valence-electron chi connectivity index (χ3n) is 2.75. The Labute approximate surface area is 113 Å². The van der Waals surface area contributed by atoms with Crippen LogP contribution in [0.2, 0.25) is 0 Å². The van der Waals surface area contributed by atoms with Gasteiger partial charge in [0, 0.05) is 11.4 Å². The van der Waals surface area contributed by atoms with E-state index in [0.717, 1.165) is 6.07 Å². The monoisotopic (exact) mass is 285 g/mol. The second kappa shape index (κ2) is 5.07. The number of aromatic nitrogens is 1. The molecule has 0 amide bonds. The molecule has 1 aromatic carbocycles. The summed E-state index contributed by atoms with van der Waals surface area (Å²) in [6.45, 7) is 3.49. The molecular formula is C13H14F3N3O. The van der Waals surface area contributed by atoms with Gasteiger partial charge in [-0.05, 0) is 32.0 Å². The van der Waals surface area contributed by atoms with Crippen molar-refractivity contribution >= 4 is 11.4 Å². The molecule has 1 unspecified atom stereocenters. The third-order valence-corrected chi connectivity index (χ3v) is 2.75. The molecule has 1 heterocycles. The van der Waals surface area contributed by atoms with Crippen LogP contribution in [0.3, 0.4) is 0 Å². The quantitative estimate of drug-likeness (QED) is 0.843. The Morgan fingerprint density at radius 3 is 2.60 bits per heavy atom. The number of nitrogen functional groups attached to an aromatic ring is 1. The first-order valence-corrected chi connectivity index (χ1v) is 5.93. The fourth-order valence-electron chi connectivity index (χ4n) is 1.78. The maximum absolute atomic E-state index is 12.8. The molecule has 0 aliphatic heterocycles. The summed E-state index contributed by atoms with van der Waals surface area (Å²) in [5.41, 5.74) is 4.48. The van der Waals surface area contributed by atoms with Gasteiger partial charge in [0.2, 0.25) is 5.89 Å². The van der Waals surface area contributed by atoms with Gasteiger partial charge in [-0.15, -0.1) is 0 Å². The first-order valence-electron chi connectivity index (χ1n) is 5.93. The highest BCUT2D eigenvalue weighted by Gasteiger charge is 2.33. The summed E-state index contributed by atoms with van der Waals surface area (Å²) in [6.07, 6.45) is -2.93. The van der Waals surface area contributed by atoms with Crippen molar-refractivity contribution < 1.29 is 17.6 Å². The first-order chi connectivity index (χ1) is 9.27. The van der Waals surface area contributed by atoms with Crippen LogP contribution in [0.15, 0.2) is 28.8 Å². The number of hydrogen-bond donors (Lipinski definition) is 2. The Kier molecular flexibility index (Phi) is 3.61. The van der Waals surface area contributed by atoms with Crippen LogP contribution in [-0.4, -0.2) is 4.98 Å². The third kappa shape index (κ3) is 3.04. The van der Waals surface area contributed by atoms with Crippen molar-refractivity contribution in [2.24, 2.45) is 0 Å². The highest BCUT2D eigenvalue weighted by molar-refractivity contribution is 5.58. The molecule has 0 aliphatic rings. The van der Waals surface area contributed by atoms with Gasteiger partial charge < -0.3 is 15.5 Å². The molecule has 0 saturated heterocycles. The highest BCUT2D eigenvalue weighted by atomic mass is 19.4. The summed E-state index contributed by atoms with van der Waals surface area (Å²) in [4.78, 5) is 4.02. The van der Waals surface area contributed by atoms with E-state index in [1.54, 1.807) is 20.0 Å². The van der Waals surface area contributed by atoms with E-state index in [1.807, 2.05) is 0 Å². The fourth-order valence-corrected chi connectivity index (χ4v) is 1.78. The number of benzene rings is 1. The number of nitrogens with zero attached hydrogens (tertiary/aromatic N) is 1. The van der Waals surface area contributed by atoms with Crippen LogP contribution < -0.4 is 11.1 Å². The van der Waals surface area contributed by atoms with Crippen LogP contribution in [0.4, 0.5) is 24.5 Å². The number of rotatable bonds is 3. The molecule has 20 heavy (non-hydrogen) atoms. The average molecular weight is 285 g/mol. The molecule has 2 aromatic rings. The van der Waals surface area contributed by atoms with Gasteiger partial charge in [0.25, 0.3) is 0 Å². The number of halogens is 3. The molecule has 1 atom stereocenters.